The molecule has 3 aromatic rings. The minimum Gasteiger partial charge on any atom is -0.468 e. The number of aromatic nitrogens is 3. The molecule has 0 radical (unpaired) electrons. The number of anilines is 1. The van der Waals surface area contributed by atoms with Crippen LogP contribution in [0.5, 0.6) is 5.75 Å². The number of halogens is 2. The number of carbonyl (C=O) groups excluding carboxylic acids is 1. The van der Waals surface area contributed by atoms with Crippen molar-refractivity contribution in [2.24, 2.45) is 0 Å². The van der Waals surface area contributed by atoms with Crippen molar-refractivity contribution in [3.05, 3.63) is 57.7 Å². The highest BCUT2D eigenvalue weighted by Crippen LogP contribution is 2.32. The molecule has 0 spiro atoms. The first-order chi connectivity index (χ1) is 12.0. The van der Waals surface area contributed by atoms with E-state index in [1.54, 1.807) is 44.3 Å². The van der Waals surface area contributed by atoms with Crippen molar-refractivity contribution in [3.63, 3.8) is 0 Å². The topological polar surface area (TPSA) is 82.2 Å². The number of hydrogen-bond donors (Lipinski definition) is 1. The van der Waals surface area contributed by atoms with E-state index >= 15 is 0 Å². The summed E-state index contributed by atoms with van der Waals surface area (Å²) < 4.78 is 12.0. The first kappa shape index (κ1) is 17.3. The predicted octanol–water partition coefficient (Wildman–Crippen LogP) is 4.08. The Morgan fingerprint density at radius 3 is 2.64 bits per heavy atom. The molecule has 3 rings (SSSR count). The van der Waals surface area contributed by atoms with Crippen LogP contribution in [0.3, 0.4) is 0 Å². The fourth-order valence-electron chi connectivity index (χ4n) is 2.14. The number of ether oxygens (including phenoxy) is 1. The first-order valence-corrected chi connectivity index (χ1v) is 8.06. The molecular formula is C16H14Cl2N4O3. The smallest absolute Gasteiger partial charge is 0.276 e. The standard InChI is InChI=1S/C16H14Cl2N4O3/c1-9-14(10(2)25-21-9)19-16(23)13-6-7-22(20-13)8-24-15-11(17)4-3-5-12(15)18/h3-7H,8H2,1-2H3,(H,19,23). The molecule has 130 valence electrons. The van der Waals surface area contributed by atoms with Crippen LogP contribution >= 0.6 is 23.2 Å². The van der Waals surface area contributed by atoms with Crippen molar-refractivity contribution in [1.29, 1.82) is 0 Å². The lowest BCUT2D eigenvalue weighted by Crippen LogP contribution is -2.15. The maximum absolute atomic E-state index is 12.3. The zero-order valence-corrected chi connectivity index (χ0v) is 14.9. The van der Waals surface area contributed by atoms with Crippen LogP contribution in [-0.4, -0.2) is 20.8 Å². The molecular weight excluding hydrogens is 367 g/mol. The van der Waals surface area contributed by atoms with Gasteiger partial charge in [0.05, 0.1) is 10.0 Å². The Hall–Kier alpha value is -2.51. The SMILES string of the molecule is Cc1noc(C)c1NC(=O)c1ccn(COc2c(Cl)cccc2Cl)n1. The van der Waals surface area contributed by atoms with Crippen molar-refractivity contribution in [3.8, 4) is 5.75 Å². The number of aryl methyl sites for hydroxylation is 2. The third-order valence-corrected chi connectivity index (χ3v) is 4.00. The lowest BCUT2D eigenvalue weighted by Gasteiger charge is -2.09. The molecule has 1 amide bonds. The van der Waals surface area contributed by atoms with Gasteiger partial charge in [0.1, 0.15) is 11.4 Å². The van der Waals surface area contributed by atoms with Gasteiger partial charge in [0, 0.05) is 6.20 Å². The second-order valence-electron chi connectivity index (χ2n) is 5.22. The van der Waals surface area contributed by atoms with Gasteiger partial charge in [-0.3, -0.25) is 4.79 Å². The minimum absolute atomic E-state index is 0.0576. The molecule has 0 atom stereocenters. The normalized spacial score (nSPS) is 10.7. The van der Waals surface area contributed by atoms with Gasteiger partial charge in [-0.2, -0.15) is 5.10 Å². The van der Waals surface area contributed by atoms with Crippen LogP contribution in [0.1, 0.15) is 21.9 Å². The summed E-state index contributed by atoms with van der Waals surface area (Å²) >= 11 is 12.1. The lowest BCUT2D eigenvalue weighted by molar-refractivity contribution is 0.102. The number of rotatable bonds is 5. The number of hydrogen-bond acceptors (Lipinski definition) is 5. The molecule has 1 N–H and O–H groups in total. The van der Waals surface area contributed by atoms with Gasteiger partial charge in [0.25, 0.3) is 5.91 Å². The van der Waals surface area contributed by atoms with E-state index in [9.17, 15) is 4.79 Å². The molecule has 0 saturated carbocycles. The van der Waals surface area contributed by atoms with Crippen molar-refractivity contribution in [1.82, 2.24) is 14.9 Å². The van der Waals surface area contributed by atoms with Crippen molar-refractivity contribution in [2.75, 3.05) is 5.32 Å². The zero-order chi connectivity index (χ0) is 18.0. The average molecular weight is 381 g/mol. The van der Waals surface area contributed by atoms with E-state index in [4.69, 9.17) is 32.5 Å². The van der Waals surface area contributed by atoms with Gasteiger partial charge in [-0.1, -0.05) is 34.4 Å². The lowest BCUT2D eigenvalue weighted by atomic mass is 10.3. The summed E-state index contributed by atoms with van der Waals surface area (Å²) in [6.07, 6.45) is 1.62. The number of nitrogens with zero attached hydrogens (tertiary/aromatic N) is 3. The third-order valence-electron chi connectivity index (χ3n) is 3.41. The maximum Gasteiger partial charge on any atom is 0.276 e. The Bertz CT molecular complexity index is 880. The summed E-state index contributed by atoms with van der Waals surface area (Å²) in [6.45, 7) is 3.52. The molecule has 2 heterocycles. The van der Waals surface area contributed by atoms with Gasteiger partial charge >= 0.3 is 0 Å². The van der Waals surface area contributed by atoms with Crippen LogP contribution in [0.2, 0.25) is 10.0 Å². The number of carbonyl (C=O) groups is 1. The van der Waals surface area contributed by atoms with E-state index in [0.29, 0.717) is 32.9 Å². The molecule has 7 nitrogen and oxygen atoms in total. The summed E-state index contributed by atoms with van der Waals surface area (Å²) in [5.41, 5.74) is 1.37. The van der Waals surface area contributed by atoms with Gasteiger partial charge in [-0.05, 0) is 32.0 Å². The highest BCUT2D eigenvalue weighted by atomic mass is 35.5. The monoisotopic (exact) mass is 380 g/mol. The molecule has 0 fully saturated rings. The zero-order valence-electron chi connectivity index (χ0n) is 13.4. The molecule has 2 aromatic heterocycles. The van der Waals surface area contributed by atoms with Gasteiger partial charge in [-0.25, -0.2) is 4.68 Å². The molecule has 0 aliphatic carbocycles. The van der Waals surface area contributed by atoms with Crippen LogP contribution in [0, 0.1) is 13.8 Å². The van der Waals surface area contributed by atoms with Crippen LogP contribution in [0.15, 0.2) is 35.0 Å². The molecule has 1 aromatic carbocycles. The van der Waals surface area contributed by atoms with E-state index < -0.39 is 0 Å². The summed E-state index contributed by atoms with van der Waals surface area (Å²) in [7, 11) is 0. The molecule has 0 saturated heterocycles. The van der Waals surface area contributed by atoms with Crippen LogP contribution in [0.25, 0.3) is 0 Å². The second-order valence-corrected chi connectivity index (χ2v) is 6.03. The number of amides is 1. The van der Waals surface area contributed by atoms with Gasteiger partial charge in [0.15, 0.2) is 23.9 Å². The Kier molecular flexibility index (Phi) is 4.96. The van der Waals surface area contributed by atoms with E-state index in [1.807, 2.05) is 0 Å². The first-order valence-electron chi connectivity index (χ1n) is 7.30. The summed E-state index contributed by atoms with van der Waals surface area (Å²) in [4.78, 5) is 12.3. The molecule has 0 bridgehead atoms. The quantitative estimate of drug-likeness (QED) is 0.720. The van der Waals surface area contributed by atoms with Crippen LogP contribution in [-0.2, 0) is 6.73 Å². The third kappa shape index (κ3) is 3.78. The highest BCUT2D eigenvalue weighted by Gasteiger charge is 2.16. The van der Waals surface area contributed by atoms with Crippen molar-refractivity contribution >= 4 is 34.8 Å². The van der Waals surface area contributed by atoms with Crippen molar-refractivity contribution in [2.45, 2.75) is 20.6 Å². The van der Waals surface area contributed by atoms with E-state index in [2.05, 4.69) is 15.6 Å². The van der Waals surface area contributed by atoms with Gasteiger partial charge < -0.3 is 14.6 Å². The molecule has 0 aliphatic heterocycles. The summed E-state index contributed by atoms with van der Waals surface area (Å²) in [5, 5.41) is 11.5. The van der Waals surface area contributed by atoms with Gasteiger partial charge in [0.2, 0.25) is 0 Å². The fraction of sp³-hybridized carbons (Fsp3) is 0.188. The van der Waals surface area contributed by atoms with Crippen molar-refractivity contribution < 1.29 is 14.1 Å². The van der Waals surface area contributed by atoms with E-state index in [1.165, 1.54) is 4.68 Å². The van der Waals surface area contributed by atoms with Crippen LogP contribution < -0.4 is 10.1 Å². The number of para-hydroxylation sites is 1. The predicted molar refractivity (Wildman–Crippen MR) is 93.2 cm³/mol. The fourth-order valence-corrected chi connectivity index (χ4v) is 2.65. The Balaban J connectivity index is 1.67. The van der Waals surface area contributed by atoms with E-state index in [-0.39, 0.29) is 18.3 Å². The molecule has 25 heavy (non-hydrogen) atoms. The van der Waals surface area contributed by atoms with E-state index in [0.717, 1.165) is 0 Å². The molecule has 0 unspecified atom stereocenters. The maximum atomic E-state index is 12.3. The minimum atomic E-state index is -0.371. The number of benzene rings is 1. The highest BCUT2D eigenvalue weighted by molar-refractivity contribution is 6.37. The van der Waals surface area contributed by atoms with Crippen LogP contribution in [0.4, 0.5) is 5.69 Å². The Morgan fingerprint density at radius 2 is 2.00 bits per heavy atom. The van der Waals surface area contributed by atoms with Gasteiger partial charge in [-0.15, -0.1) is 0 Å². The Labute approximate surface area is 153 Å². The molecule has 9 heteroatoms. The average Bonchev–Trinajstić information content (AvgIpc) is 3.16. The molecule has 0 aliphatic rings. The largest absolute Gasteiger partial charge is 0.468 e. The summed E-state index contributed by atoms with van der Waals surface area (Å²) in [6, 6.07) is 6.65. The number of nitrogens with one attached hydrogen (secondary N) is 1. The second kappa shape index (κ2) is 7.16. The summed E-state index contributed by atoms with van der Waals surface area (Å²) in [5.74, 6) is 0.522. The Morgan fingerprint density at radius 1 is 1.28 bits per heavy atom.